The second-order valence-corrected chi connectivity index (χ2v) is 5.21. The van der Waals surface area contributed by atoms with Gasteiger partial charge in [-0.25, -0.2) is 0 Å². The number of nitrogens with zero attached hydrogens (tertiary/aromatic N) is 1. The van der Waals surface area contributed by atoms with Crippen LogP contribution in [0, 0.1) is 6.92 Å². The summed E-state index contributed by atoms with van der Waals surface area (Å²) in [5, 5.41) is 5.22. The Morgan fingerprint density at radius 1 is 1.15 bits per heavy atom. The molecule has 0 fully saturated rings. The normalized spacial score (nSPS) is 15.6. The SMILES string of the molecule is Cc1ccc2c(c1)OCC/C2=N\Nc1ccc(Cl)cc1. The Morgan fingerprint density at radius 3 is 2.75 bits per heavy atom. The first-order valence-corrected chi connectivity index (χ1v) is 6.92. The number of halogens is 1. The van der Waals surface area contributed by atoms with E-state index in [2.05, 4.69) is 29.6 Å². The zero-order valence-corrected chi connectivity index (χ0v) is 11.9. The highest BCUT2D eigenvalue weighted by Gasteiger charge is 2.16. The lowest BCUT2D eigenvalue weighted by atomic mass is 10.0. The van der Waals surface area contributed by atoms with E-state index in [1.165, 1.54) is 5.56 Å². The summed E-state index contributed by atoms with van der Waals surface area (Å²) in [5.74, 6) is 0.910. The molecule has 1 aliphatic rings. The van der Waals surface area contributed by atoms with Crippen molar-refractivity contribution in [3.63, 3.8) is 0 Å². The van der Waals surface area contributed by atoms with Gasteiger partial charge in [-0.2, -0.15) is 5.10 Å². The number of hydrazone groups is 1. The standard InChI is InChI=1S/C16H15ClN2O/c1-11-2-7-14-15(8-9-20-16(14)10-11)19-18-13-5-3-12(17)4-6-13/h2-7,10,18H,8-9H2,1H3/b19-15+. The van der Waals surface area contributed by atoms with E-state index < -0.39 is 0 Å². The highest BCUT2D eigenvalue weighted by atomic mass is 35.5. The fourth-order valence-corrected chi connectivity index (χ4v) is 2.28. The van der Waals surface area contributed by atoms with Gasteiger partial charge < -0.3 is 4.74 Å². The molecule has 0 bridgehead atoms. The van der Waals surface area contributed by atoms with E-state index in [1.54, 1.807) is 0 Å². The molecule has 0 aromatic heterocycles. The lowest BCUT2D eigenvalue weighted by molar-refractivity contribution is 0.320. The molecule has 0 spiro atoms. The second-order valence-electron chi connectivity index (χ2n) is 4.78. The van der Waals surface area contributed by atoms with E-state index in [0.717, 1.165) is 34.2 Å². The van der Waals surface area contributed by atoms with Gasteiger partial charge in [-0.15, -0.1) is 0 Å². The number of anilines is 1. The van der Waals surface area contributed by atoms with E-state index in [-0.39, 0.29) is 0 Å². The molecule has 2 aromatic rings. The van der Waals surface area contributed by atoms with Gasteiger partial charge in [0, 0.05) is 17.0 Å². The number of nitrogens with one attached hydrogen (secondary N) is 1. The van der Waals surface area contributed by atoms with Crippen LogP contribution in [0.25, 0.3) is 0 Å². The number of rotatable bonds is 2. The van der Waals surface area contributed by atoms with Crippen molar-refractivity contribution in [2.75, 3.05) is 12.0 Å². The fraction of sp³-hybridized carbons (Fsp3) is 0.188. The third kappa shape index (κ3) is 2.78. The zero-order valence-electron chi connectivity index (χ0n) is 11.2. The first kappa shape index (κ1) is 13.0. The molecule has 102 valence electrons. The molecule has 0 aliphatic carbocycles. The number of benzene rings is 2. The van der Waals surface area contributed by atoms with Crippen molar-refractivity contribution in [3.05, 3.63) is 58.6 Å². The maximum atomic E-state index is 5.86. The smallest absolute Gasteiger partial charge is 0.128 e. The largest absolute Gasteiger partial charge is 0.492 e. The molecule has 0 saturated carbocycles. The van der Waals surface area contributed by atoms with Gasteiger partial charge in [-0.1, -0.05) is 17.7 Å². The number of ether oxygens (including phenoxy) is 1. The van der Waals surface area contributed by atoms with Crippen molar-refractivity contribution in [2.24, 2.45) is 5.10 Å². The van der Waals surface area contributed by atoms with Crippen LogP contribution < -0.4 is 10.2 Å². The van der Waals surface area contributed by atoms with Gasteiger partial charge in [0.2, 0.25) is 0 Å². The molecule has 20 heavy (non-hydrogen) atoms. The van der Waals surface area contributed by atoms with E-state index in [4.69, 9.17) is 16.3 Å². The molecule has 1 aliphatic heterocycles. The molecular formula is C16H15ClN2O. The van der Waals surface area contributed by atoms with Crippen molar-refractivity contribution in [1.29, 1.82) is 0 Å². The first-order chi connectivity index (χ1) is 9.72. The summed E-state index contributed by atoms with van der Waals surface area (Å²) in [5.41, 5.74) is 7.25. The van der Waals surface area contributed by atoms with Crippen LogP contribution in [0.3, 0.4) is 0 Å². The predicted molar refractivity (Wildman–Crippen MR) is 82.9 cm³/mol. The fourth-order valence-electron chi connectivity index (χ4n) is 2.15. The third-order valence-electron chi connectivity index (χ3n) is 3.21. The van der Waals surface area contributed by atoms with E-state index in [0.29, 0.717) is 6.61 Å². The molecule has 0 radical (unpaired) electrons. The Hall–Kier alpha value is -2.00. The summed E-state index contributed by atoms with van der Waals surface area (Å²) >= 11 is 5.86. The minimum atomic E-state index is 0.664. The molecule has 4 heteroatoms. The molecule has 1 heterocycles. The Morgan fingerprint density at radius 2 is 1.95 bits per heavy atom. The monoisotopic (exact) mass is 286 g/mol. The molecular weight excluding hydrogens is 272 g/mol. The molecule has 0 amide bonds. The average molecular weight is 287 g/mol. The van der Waals surface area contributed by atoms with Crippen molar-refractivity contribution in [3.8, 4) is 5.75 Å². The van der Waals surface area contributed by atoms with Crippen LogP contribution in [-0.2, 0) is 0 Å². The van der Waals surface area contributed by atoms with E-state index in [1.807, 2.05) is 30.3 Å². The van der Waals surface area contributed by atoms with Crippen LogP contribution in [-0.4, -0.2) is 12.3 Å². The van der Waals surface area contributed by atoms with Crippen LogP contribution in [0.1, 0.15) is 17.5 Å². The quantitative estimate of drug-likeness (QED) is 0.838. The van der Waals surface area contributed by atoms with Crippen LogP contribution in [0.4, 0.5) is 5.69 Å². The second kappa shape index (κ2) is 5.55. The van der Waals surface area contributed by atoms with Crippen LogP contribution in [0.5, 0.6) is 5.75 Å². The highest BCUT2D eigenvalue weighted by Crippen LogP contribution is 2.26. The lowest BCUT2D eigenvalue weighted by Gasteiger charge is -2.19. The summed E-state index contributed by atoms with van der Waals surface area (Å²) in [4.78, 5) is 0. The van der Waals surface area contributed by atoms with Gasteiger partial charge in [0.1, 0.15) is 5.75 Å². The Labute approximate surface area is 123 Å². The van der Waals surface area contributed by atoms with Crippen molar-refractivity contribution in [2.45, 2.75) is 13.3 Å². The van der Waals surface area contributed by atoms with Crippen LogP contribution in [0.15, 0.2) is 47.6 Å². The van der Waals surface area contributed by atoms with Gasteiger partial charge in [0.05, 0.1) is 18.0 Å². The molecule has 3 nitrogen and oxygen atoms in total. The van der Waals surface area contributed by atoms with Crippen molar-refractivity contribution < 1.29 is 4.74 Å². The maximum absolute atomic E-state index is 5.86. The number of hydrogen-bond acceptors (Lipinski definition) is 3. The van der Waals surface area contributed by atoms with Gasteiger partial charge in [-0.3, -0.25) is 5.43 Å². The minimum absolute atomic E-state index is 0.664. The molecule has 0 atom stereocenters. The summed E-state index contributed by atoms with van der Waals surface area (Å²) in [6.07, 6.45) is 0.802. The summed E-state index contributed by atoms with van der Waals surface area (Å²) in [6.45, 7) is 2.72. The highest BCUT2D eigenvalue weighted by molar-refractivity contribution is 6.30. The topological polar surface area (TPSA) is 33.6 Å². The first-order valence-electron chi connectivity index (χ1n) is 6.54. The summed E-state index contributed by atoms with van der Waals surface area (Å²) in [6, 6.07) is 13.7. The number of fused-ring (bicyclic) bond motifs is 1. The number of aryl methyl sites for hydroxylation is 1. The lowest BCUT2D eigenvalue weighted by Crippen LogP contribution is -2.17. The number of hydrogen-bond donors (Lipinski definition) is 1. The van der Waals surface area contributed by atoms with Gasteiger partial charge >= 0.3 is 0 Å². The van der Waals surface area contributed by atoms with Gasteiger partial charge in [0.25, 0.3) is 0 Å². The van der Waals surface area contributed by atoms with Crippen molar-refractivity contribution >= 4 is 23.0 Å². The third-order valence-corrected chi connectivity index (χ3v) is 3.46. The minimum Gasteiger partial charge on any atom is -0.492 e. The van der Waals surface area contributed by atoms with Crippen LogP contribution in [0.2, 0.25) is 5.02 Å². The van der Waals surface area contributed by atoms with Gasteiger partial charge in [-0.05, 0) is 48.9 Å². The Bertz CT molecular complexity index is 650. The summed E-state index contributed by atoms with van der Waals surface area (Å²) < 4.78 is 5.68. The predicted octanol–water partition coefficient (Wildman–Crippen LogP) is 4.25. The zero-order chi connectivity index (χ0) is 13.9. The Balaban J connectivity index is 1.84. The molecule has 2 aromatic carbocycles. The Kier molecular flexibility index (Phi) is 3.61. The summed E-state index contributed by atoms with van der Waals surface area (Å²) in [7, 11) is 0. The van der Waals surface area contributed by atoms with E-state index >= 15 is 0 Å². The van der Waals surface area contributed by atoms with E-state index in [9.17, 15) is 0 Å². The average Bonchev–Trinajstić information content (AvgIpc) is 2.46. The maximum Gasteiger partial charge on any atom is 0.128 e. The van der Waals surface area contributed by atoms with Crippen LogP contribution >= 0.6 is 11.6 Å². The molecule has 0 unspecified atom stereocenters. The molecule has 1 N–H and O–H groups in total. The molecule has 0 saturated heterocycles. The van der Waals surface area contributed by atoms with Gasteiger partial charge in [0.15, 0.2) is 0 Å². The van der Waals surface area contributed by atoms with Crippen molar-refractivity contribution in [1.82, 2.24) is 0 Å². The molecule has 3 rings (SSSR count).